The van der Waals surface area contributed by atoms with Crippen molar-refractivity contribution in [2.24, 2.45) is 4.99 Å². The van der Waals surface area contributed by atoms with Crippen molar-refractivity contribution in [1.29, 1.82) is 0 Å². The molecule has 23 heavy (non-hydrogen) atoms. The Balaban J connectivity index is 1.94. The standard InChI is InChI=1S/C18H17NO2SSe/c1-22-13-12-18(23-15-10-6-3-7-11-15)17(20)21-16(19-18)14-8-4-2-5-9-14/h2-11H,12-13H2,1H3. The number of nitrogens with zero attached hydrogens (tertiary/aromatic N) is 1. The van der Waals surface area contributed by atoms with Gasteiger partial charge in [0.2, 0.25) is 0 Å². The molecule has 0 radical (unpaired) electrons. The van der Waals surface area contributed by atoms with Gasteiger partial charge in [-0.05, 0) is 0 Å². The number of carbonyl (C=O) groups excluding carboxylic acids is 1. The minimum atomic E-state index is -0.747. The van der Waals surface area contributed by atoms with Crippen molar-refractivity contribution in [3.05, 3.63) is 66.2 Å². The van der Waals surface area contributed by atoms with E-state index in [4.69, 9.17) is 9.73 Å². The Hall–Kier alpha value is -1.55. The number of esters is 1. The van der Waals surface area contributed by atoms with Gasteiger partial charge >= 0.3 is 147 Å². The Morgan fingerprint density at radius 3 is 2.39 bits per heavy atom. The van der Waals surface area contributed by atoms with E-state index < -0.39 is 4.44 Å². The van der Waals surface area contributed by atoms with Crippen LogP contribution in [0.3, 0.4) is 0 Å². The molecule has 0 N–H and O–H groups in total. The average Bonchev–Trinajstić information content (AvgIpc) is 2.92. The van der Waals surface area contributed by atoms with Gasteiger partial charge in [-0.2, -0.15) is 0 Å². The molecule has 1 heterocycles. The second-order valence-electron chi connectivity index (χ2n) is 5.11. The van der Waals surface area contributed by atoms with E-state index in [1.54, 1.807) is 11.8 Å². The molecular formula is C18H17NO2SSe. The van der Waals surface area contributed by atoms with E-state index in [-0.39, 0.29) is 20.9 Å². The van der Waals surface area contributed by atoms with Crippen LogP contribution < -0.4 is 4.46 Å². The summed E-state index contributed by atoms with van der Waals surface area (Å²) in [7, 11) is 0. The Bertz CT molecular complexity index is 705. The van der Waals surface area contributed by atoms with Gasteiger partial charge in [-0.15, -0.1) is 0 Å². The van der Waals surface area contributed by atoms with Crippen LogP contribution in [0.5, 0.6) is 0 Å². The second-order valence-corrected chi connectivity index (χ2v) is 8.93. The Labute approximate surface area is 146 Å². The van der Waals surface area contributed by atoms with Crippen LogP contribution in [0, 0.1) is 0 Å². The van der Waals surface area contributed by atoms with E-state index in [2.05, 4.69) is 12.1 Å². The third-order valence-corrected chi connectivity index (χ3v) is 6.84. The number of hydrogen-bond donors (Lipinski definition) is 0. The summed E-state index contributed by atoms with van der Waals surface area (Å²) < 4.78 is 5.97. The first-order chi connectivity index (χ1) is 11.2. The van der Waals surface area contributed by atoms with Crippen LogP contribution >= 0.6 is 11.8 Å². The van der Waals surface area contributed by atoms with E-state index in [1.807, 2.05) is 54.8 Å². The Morgan fingerprint density at radius 1 is 1.09 bits per heavy atom. The molecule has 0 bridgehead atoms. The van der Waals surface area contributed by atoms with E-state index >= 15 is 0 Å². The summed E-state index contributed by atoms with van der Waals surface area (Å²) in [6.07, 6.45) is 2.75. The predicted octanol–water partition coefficient (Wildman–Crippen LogP) is 2.47. The van der Waals surface area contributed by atoms with Crippen molar-refractivity contribution in [3.8, 4) is 0 Å². The molecule has 1 aliphatic heterocycles. The Kier molecular flexibility index (Phi) is 5.21. The number of rotatable bonds is 6. The van der Waals surface area contributed by atoms with Crippen molar-refractivity contribution in [2.45, 2.75) is 10.9 Å². The number of cyclic esters (lactones) is 1. The fourth-order valence-corrected chi connectivity index (χ4v) is 5.49. The molecule has 2 aromatic carbocycles. The zero-order chi connectivity index (χ0) is 16.1. The number of thioether (sulfide) groups is 1. The second kappa shape index (κ2) is 7.35. The molecule has 3 rings (SSSR count). The summed E-state index contributed by atoms with van der Waals surface area (Å²) in [5, 5.41) is 0. The molecular weight excluding hydrogens is 373 g/mol. The van der Waals surface area contributed by atoms with Crippen LogP contribution in [0.15, 0.2) is 65.7 Å². The van der Waals surface area contributed by atoms with Crippen LogP contribution in [0.2, 0.25) is 0 Å². The van der Waals surface area contributed by atoms with Gasteiger partial charge in [0.1, 0.15) is 0 Å². The SMILES string of the molecule is CSCCC1([Se]c2ccccc2)N=C(c2ccccc2)OC1=O. The summed E-state index contributed by atoms with van der Waals surface area (Å²) in [5.74, 6) is 1.12. The van der Waals surface area contributed by atoms with Gasteiger partial charge in [0.05, 0.1) is 0 Å². The molecule has 0 amide bonds. The summed E-state index contributed by atoms with van der Waals surface area (Å²) in [4.78, 5) is 17.4. The monoisotopic (exact) mass is 391 g/mol. The van der Waals surface area contributed by atoms with E-state index in [1.165, 1.54) is 0 Å². The molecule has 0 spiro atoms. The number of carbonyl (C=O) groups is 1. The van der Waals surface area contributed by atoms with Crippen LogP contribution in [-0.2, 0) is 9.53 Å². The van der Waals surface area contributed by atoms with Crippen molar-refractivity contribution in [3.63, 3.8) is 0 Å². The molecule has 1 unspecified atom stereocenters. The normalized spacial score (nSPS) is 20.2. The summed E-state index contributed by atoms with van der Waals surface area (Å²) >= 11 is 1.63. The molecule has 2 aromatic rings. The molecule has 118 valence electrons. The molecule has 0 aromatic heterocycles. The first-order valence-corrected chi connectivity index (χ1v) is 10.4. The zero-order valence-electron chi connectivity index (χ0n) is 12.8. The predicted molar refractivity (Wildman–Crippen MR) is 96.6 cm³/mol. The van der Waals surface area contributed by atoms with E-state index in [0.717, 1.165) is 15.8 Å². The van der Waals surface area contributed by atoms with E-state index in [0.29, 0.717) is 12.3 Å². The van der Waals surface area contributed by atoms with Crippen molar-refractivity contribution in [1.82, 2.24) is 0 Å². The van der Waals surface area contributed by atoms with Crippen LogP contribution in [-0.4, -0.2) is 43.3 Å². The number of benzene rings is 2. The first-order valence-electron chi connectivity index (χ1n) is 7.34. The van der Waals surface area contributed by atoms with Crippen LogP contribution in [0.4, 0.5) is 0 Å². The Morgan fingerprint density at radius 2 is 1.74 bits per heavy atom. The molecule has 5 heteroatoms. The summed E-state index contributed by atoms with van der Waals surface area (Å²) in [5.41, 5.74) is 0.857. The van der Waals surface area contributed by atoms with Crippen molar-refractivity contribution < 1.29 is 9.53 Å². The molecule has 1 aliphatic rings. The van der Waals surface area contributed by atoms with Gasteiger partial charge in [0.25, 0.3) is 0 Å². The molecule has 0 fully saturated rings. The zero-order valence-corrected chi connectivity index (χ0v) is 15.3. The molecule has 0 saturated carbocycles. The van der Waals surface area contributed by atoms with Gasteiger partial charge < -0.3 is 0 Å². The fourth-order valence-electron chi connectivity index (χ4n) is 2.30. The quantitative estimate of drug-likeness (QED) is 0.562. The van der Waals surface area contributed by atoms with Gasteiger partial charge in [0, 0.05) is 0 Å². The molecule has 0 saturated heterocycles. The molecule has 0 aliphatic carbocycles. The van der Waals surface area contributed by atoms with E-state index in [9.17, 15) is 4.79 Å². The molecule has 1 atom stereocenters. The molecule has 3 nitrogen and oxygen atoms in total. The summed E-state index contributed by atoms with van der Waals surface area (Å²) in [6.45, 7) is 0. The van der Waals surface area contributed by atoms with Gasteiger partial charge in [-0.1, -0.05) is 0 Å². The third-order valence-electron chi connectivity index (χ3n) is 3.49. The van der Waals surface area contributed by atoms with Crippen LogP contribution in [0.25, 0.3) is 0 Å². The van der Waals surface area contributed by atoms with Crippen molar-refractivity contribution in [2.75, 3.05) is 12.0 Å². The maximum absolute atomic E-state index is 12.7. The van der Waals surface area contributed by atoms with Crippen LogP contribution in [0.1, 0.15) is 12.0 Å². The van der Waals surface area contributed by atoms with Gasteiger partial charge in [-0.25, -0.2) is 0 Å². The van der Waals surface area contributed by atoms with Gasteiger partial charge in [0.15, 0.2) is 0 Å². The van der Waals surface area contributed by atoms with Gasteiger partial charge in [-0.3, -0.25) is 0 Å². The first kappa shape index (κ1) is 16.3. The minimum absolute atomic E-state index is 0.0996. The topological polar surface area (TPSA) is 38.7 Å². The summed E-state index contributed by atoms with van der Waals surface area (Å²) in [6, 6.07) is 19.7. The maximum atomic E-state index is 12.7. The average molecular weight is 390 g/mol. The fraction of sp³-hybridized carbons (Fsp3) is 0.222. The number of aliphatic imine (C=N–C) groups is 1. The van der Waals surface area contributed by atoms with Crippen molar-refractivity contribution >= 4 is 43.0 Å². The number of hydrogen-bond acceptors (Lipinski definition) is 4. The number of ether oxygens (including phenoxy) is 1. The third kappa shape index (κ3) is 3.69.